The highest BCUT2D eigenvalue weighted by atomic mass is 16.5. The minimum absolute atomic E-state index is 0.114. The molecule has 2 fully saturated rings. The molecule has 2 aliphatic rings. The number of carbonyl (C=O) groups is 1. The van der Waals surface area contributed by atoms with Crippen molar-refractivity contribution in [1.29, 1.82) is 0 Å². The van der Waals surface area contributed by atoms with Crippen LogP contribution >= 0.6 is 0 Å². The van der Waals surface area contributed by atoms with Crippen LogP contribution in [0.5, 0.6) is 0 Å². The molecule has 5 rings (SSSR count). The van der Waals surface area contributed by atoms with Crippen molar-refractivity contribution < 1.29 is 14.1 Å². The first-order chi connectivity index (χ1) is 14.7. The molecule has 156 valence electrons. The topological polar surface area (TPSA) is 80.5 Å². The lowest BCUT2D eigenvalue weighted by Crippen LogP contribution is -2.44. The number of amides is 1. The molecule has 2 aromatic heterocycles. The Morgan fingerprint density at radius 2 is 1.97 bits per heavy atom. The highest BCUT2D eigenvalue weighted by Gasteiger charge is 2.43. The number of anilines is 1. The molecule has 1 saturated carbocycles. The van der Waals surface area contributed by atoms with E-state index in [1.807, 2.05) is 47.4 Å². The van der Waals surface area contributed by atoms with E-state index in [4.69, 9.17) is 9.26 Å². The summed E-state index contributed by atoms with van der Waals surface area (Å²) in [6.45, 7) is 1.57. The molecular formula is C23H26N4O3. The van der Waals surface area contributed by atoms with Crippen molar-refractivity contribution in [3.63, 3.8) is 0 Å². The second kappa shape index (κ2) is 8.07. The van der Waals surface area contributed by atoms with E-state index < -0.39 is 0 Å². The average molecular weight is 406 g/mol. The van der Waals surface area contributed by atoms with E-state index in [0.717, 1.165) is 48.4 Å². The number of hydrogen-bond donors (Lipinski definition) is 1. The number of ether oxygens (including phenoxy) is 1. The summed E-state index contributed by atoms with van der Waals surface area (Å²) in [4.78, 5) is 19.4. The highest BCUT2D eigenvalue weighted by Crippen LogP contribution is 2.38. The van der Waals surface area contributed by atoms with Gasteiger partial charge in [-0.15, -0.1) is 0 Å². The number of nitrogens with zero attached hydrogens (tertiary/aromatic N) is 3. The number of hydrogen-bond acceptors (Lipinski definition) is 6. The molecule has 30 heavy (non-hydrogen) atoms. The van der Waals surface area contributed by atoms with Gasteiger partial charge in [-0.2, -0.15) is 0 Å². The van der Waals surface area contributed by atoms with Crippen molar-refractivity contribution in [1.82, 2.24) is 15.0 Å². The number of likely N-dealkylation sites (tertiary alicyclic amines) is 1. The van der Waals surface area contributed by atoms with Crippen LogP contribution in [0.15, 0.2) is 53.2 Å². The first-order valence-corrected chi connectivity index (χ1v) is 10.5. The highest BCUT2D eigenvalue weighted by molar-refractivity contribution is 5.86. The molecule has 1 saturated heterocycles. The van der Waals surface area contributed by atoms with Gasteiger partial charge >= 0.3 is 0 Å². The molecule has 1 aromatic carbocycles. The van der Waals surface area contributed by atoms with Gasteiger partial charge in [0.05, 0.1) is 18.6 Å². The number of fused-ring (bicyclic) bond motifs is 2. The lowest BCUT2D eigenvalue weighted by molar-refractivity contribution is -0.129. The van der Waals surface area contributed by atoms with Crippen LogP contribution in [-0.4, -0.2) is 53.3 Å². The molecule has 1 N–H and O–H groups in total. The molecule has 7 heteroatoms. The fraction of sp³-hybridized carbons (Fsp3) is 0.435. The van der Waals surface area contributed by atoms with Gasteiger partial charge in [0.2, 0.25) is 5.91 Å². The van der Waals surface area contributed by atoms with E-state index in [1.165, 1.54) is 0 Å². The maximum atomic E-state index is 13.0. The van der Waals surface area contributed by atoms with Gasteiger partial charge in [-0.1, -0.05) is 23.4 Å². The molecule has 0 spiro atoms. The zero-order valence-electron chi connectivity index (χ0n) is 17.0. The van der Waals surface area contributed by atoms with Gasteiger partial charge < -0.3 is 19.5 Å². The van der Waals surface area contributed by atoms with Crippen LogP contribution in [0.25, 0.3) is 11.0 Å². The van der Waals surface area contributed by atoms with Gasteiger partial charge in [-0.05, 0) is 48.9 Å². The molecule has 3 heterocycles. The second-order valence-electron chi connectivity index (χ2n) is 8.33. The summed E-state index contributed by atoms with van der Waals surface area (Å²) in [6, 6.07) is 13.7. The first kappa shape index (κ1) is 19.1. The molecule has 0 unspecified atom stereocenters. The van der Waals surface area contributed by atoms with Crippen molar-refractivity contribution in [2.75, 3.05) is 25.5 Å². The monoisotopic (exact) mass is 406 g/mol. The summed E-state index contributed by atoms with van der Waals surface area (Å²) in [6.07, 6.45) is 4.10. The van der Waals surface area contributed by atoms with Crippen LogP contribution in [0, 0.1) is 11.8 Å². The van der Waals surface area contributed by atoms with Gasteiger partial charge in [0.15, 0.2) is 5.58 Å². The average Bonchev–Trinajstić information content (AvgIpc) is 3.38. The van der Waals surface area contributed by atoms with Crippen molar-refractivity contribution in [2.45, 2.75) is 31.4 Å². The van der Waals surface area contributed by atoms with Crippen LogP contribution in [-0.2, 0) is 16.0 Å². The first-order valence-electron chi connectivity index (χ1n) is 10.5. The smallest absolute Gasteiger partial charge is 0.228 e. The summed E-state index contributed by atoms with van der Waals surface area (Å²) < 4.78 is 11.2. The quantitative estimate of drug-likeness (QED) is 0.701. The molecule has 3 aromatic rings. The summed E-state index contributed by atoms with van der Waals surface area (Å²) in [5, 5.41) is 8.57. The summed E-state index contributed by atoms with van der Waals surface area (Å²) in [7, 11) is 1.77. The summed E-state index contributed by atoms with van der Waals surface area (Å²) in [5.74, 6) is 1.92. The molecule has 1 amide bonds. The van der Waals surface area contributed by atoms with Crippen molar-refractivity contribution in [2.24, 2.45) is 11.8 Å². The number of aromatic nitrogens is 2. The predicted molar refractivity (Wildman–Crippen MR) is 113 cm³/mol. The van der Waals surface area contributed by atoms with Gasteiger partial charge in [0.25, 0.3) is 0 Å². The minimum atomic E-state index is 0.114. The molecule has 0 bridgehead atoms. The Morgan fingerprint density at radius 3 is 2.77 bits per heavy atom. The number of benzene rings is 1. The van der Waals surface area contributed by atoms with Crippen LogP contribution in [0.1, 0.15) is 18.5 Å². The van der Waals surface area contributed by atoms with Gasteiger partial charge in [0.1, 0.15) is 11.5 Å². The molecule has 1 aliphatic carbocycles. The Hall–Kier alpha value is -2.93. The standard InChI is InChI=1S/C23H26N4O3/c1-29-21-11-16-14-27(13-15(16)10-19(21)25-22-8-4-5-9-24-22)23(28)12-18-17-6-2-3-7-20(17)30-26-18/h2-9,15-16,19,21H,10-14H2,1H3,(H,24,25)/t15-,16+,19-,21-/m1/s1. The van der Waals surface area contributed by atoms with E-state index in [0.29, 0.717) is 11.8 Å². The third-order valence-electron chi connectivity index (χ3n) is 6.54. The summed E-state index contributed by atoms with van der Waals surface area (Å²) in [5.41, 5.74) is 1.44. The largest absolute Gasteiger partial charge is 0.379 e. The van der Waals surface area contributed by atoms with E-state index in [2.05, 4.69) is 15.5 Å². The number of rotatable bonds is 5. The van der Waals surface area contributed by atoms with Crippen molar-refractivity contribution in [3.8, 4) is 0 Å². The number of nitrogens with one attached hydrogen (secondary N) is 1. The van der Waals surface area contributed by atoms with Crippen molar-refractivity contribution >= 4 is 22.7 Å². The fourth-order valence-corrected chi connectivity index (χ4v) is 4.99. The predicted octanol–water partition coefficient (Wildman–Crippen LogP) is 3.13. The van der Waals surface area contributed by atoms with E-state index in [1.54, 1.807) is 13.3 Å². The Kier molecular flexibility index (Phi) is 5.12. The minimum Gasteiger partial charge on any atom is -0.379 e. The third-order valence-corrected chi connectivity index (χ3v) is 6.54. The third kappa shape index (κ3) is 3.65. The normalized spacial score (nSPS) is 26.0. The van der Waals surface area contributed by atoms with E-state index in [-0.39, 0.29) is 24.5 Å². The number of pyridine rings is 1. The lowest BCUT2D eigenvalue weighted by Gasteiger charge is -2.37. The molecule has 0 radical (unpaired) electrons. The Balaban J connectivity index is 1.25. The van der Waals surface area contributed by atoms with Crippen molar-refractivity contribution in [3.05, 3.63) is 54.4 Å². The maximum Gasteiger partial charge on any atom is 0.228 e. The van der Waals surface area contributed by atoms with E-state index >= 15 is 0 Å². The Bertz CT molecular complexity index is 1020. The van der Waals surface area contributed by atoms with Crippen LogP contribution in [0.4, 0.5) is 5.82 Å². The Morgan fingerprint density at radius 1 is 1.17 bits per heavy atom. The molecular weight excluding hydrogens is 380 g/mol. The second-order valence-corrected chi connectivity index (χ2v) is 8.33. The van der Waals surface area contributed by atoms with Crippen LogP contribution in [0.3, 0.4) is 0 Å². The summed E-state index contributed by atoms with van der Waals surface area (Å²) >= 11 is 0. The number of methoxy groups -OCH3 is 1. The zero-order valence-corrected chi connectivity index (χ0v) is 17.0. The molecule has 4 atom stereocenters. The van der Waals surface area contributed by atoms with E-state index in [9.17, 15) is 4.79 Å². The van der Waals surface area contributed by atoms with Gasteiger partial charge in [0, 0.05) is 31.8 Å². The maximum absolute atomic E-state index is 13.0. The number of para-hydroxylation sites is 1. The van der Waals surface area contributed by atoms with Gasteiger partial charge in [-0.25, -0.2) is 4.98 Å². The fourth-order valence-electron chi connectivity index (χ4n) is 4.99. The van der Waals surface area contributed by atoms with Gasteiger partial charge in [-0.3, -0.25) is 4.79 Å². The Labute approximate surface area is 175 Å². The van der Waals surface area contributed by atoms with Crippen LogP contribution in [0.2, 0.25) is 0 Å². The zero-order chi connectivity index (χ0) is 20.5. The molecule has 1 aliphatic heterocycles. The SMILES string of the molecule is CO[C@@H]1C[C@H]2CN(C(=O)Cc3noc4ccccc34)C[C@H]2C[C@H]1Nc1ccccn1. The lowest BCUT2D eigenvalue weighted by atomic mass is 9.77. The molecule has 7 nitrogen and oxygen atoms in total. The number of carbonyl (C=O) groups excluding carboxylic acids is 1. The van der Waals surface area contributed by atoms with Crippen LogP contribution < -0.4 is 5.32 Å².